The Labute approximate surface area is 99.7 Å². The van der Waals surface area contributed by atoms with Crippen LogP contribution in [0.3, 0.4) is 0 Å². The van der Waals surface area contributed by atoms with Crippen molar-refractivity contribution in [1.82, 2.24) is 10.9 Å². The monoisotopic (exact) mass is 319 g/mol. The Balaban J connectivity index is 2.23. The zero-order valence-corrected chi connectivity index (χ0v) is 10.6. The second kappa shape index (κ2) is 4.28. The zero-order valence-electron chi connectivity index (χ0n) is 7.43. The van der Waals surface area contributed by atoms with E-state index in [9.17, 15) is 0 Å². The van der Waals surface area contributed by atoms with Crippen LogP contribution in [0.15, 0.2) is 27.1 Å². The van der Waals surface area contributed by atoms with E-state index in [1.165, 1.54) is 5.56 Å². The molecule has 0 amide bonds. The number of hydrogen-bond acceptors (Lipinski definition) is 3. The number of nitrogens with one attached hydrogen (secondary N) is 2. The summed E-state index contributed by atoms with van der Waals surface area (Å²) in [7, 11) is 0. The van der Waals surface area contributed by atoms with E-state index in [1.54, 1.807) is 0 Å². The van der Waals surface area contributed by atoms with Crippen molar-refractivity contribution in [3.8, 4) is 0 Å². The summed E-state index contributed by atoms with van der Waals surface area (Å²) in [4.78, 5) is 0. The van der Waals surface area contributed by atoms with E-state index in [0.29, 0.717) is 6.04 Å². The minimum atomic E-state index is 0.0396. The molecule has 0 aliphatic carbocycles. The predicted molar refractivity (Wildman–Crippen MR) is 63.4 cm³/mol. The Hall–Kier alpha value is 0.0600. The van der Waals surface area contributed by atoms with Crippen molar-refractivity contribution in [3.63, 3.8) is 0 Å². The summed E-state index contributed by atoms with van der Waals surface area (Å²) in [5.41, 5.74) is 13.1. The molecule has 0 saturated carbocycles. The molecule has 76 valence electrons. The Kier molecular flexibility index (Phi) is 3.23. The molecule has 1 aromatic carbocycles. The van der Waals surface area contributed by atoms with Crippen LogP contribution in [0.25, 0.3) is 0 Å². The first-order valence-corrected chi connectivity index (χ1v) is 5.96. The molecule has 1 aromatic rings. The number of rotatable bonds is 1. The van der Waals surface area contributed by atoms with Crippen LogP contribution in [0, 0.1) is 0 Å². The van der Waals surface area contributed by atoms with Gasteiger partial charge in [0.25, 0.3) is 0 Å². The minimum absolute atomic E-state index is 0.0396. The van der Waals surface area contributed by atoms with Crippen molar-refractivity contribution in [1.29, 1.82) is 0 Å². The maximum absolute atomic E-state index is 5.74. The number of nitrogens with two attached hydrogens (primary N) is 1. The molecule has 1 heterocycles. The molecule has 4 N–H and O–H groups in total. The zero-order chi connectivity index (χ0) is 10.1. The van der Waals surface area contributed by atoms with E-state index in [2.05, 4.69) is 54.8 Å². The lowest BCUT2D eigenvalue weighted by Gasteiger charge is -2.10. The molecule has 14 heavy (non-hydrogen) atoms. The molecule has 0 bridgehead atoms. The third-order valence-electron chi connectivity index (χ3n) is 2.22. The molecule has 1 aliphatic heterocycles. The fourth-order valence-electron chi connectivity index (χ4n) is 1.58. The van der Waals surface area contributed by atoms with Gasteiger partial charge in [-0.2, -0.15) is 0 Å². The van der Waals surface area contributed by atoms with E-state index in [4.69, 9.17) is 5.73 Å². The first-order valence-electron chi connectivity index (χ1n) is 4.38. The molecular formula is C9H11Br2N3. The van der Waals surface area contributed by atoms with Crippen molar-refractivity contribution >= 4 is 31.9 Å². The Morgan fingerprint density at radius 3 is 2.29 bits per heavy atom. The molecule has 1 aliphatic rings. The highest BCUT2D eigenvalue weighted by molar-refractivity contribution is 9.11. The Bertz CT molecular complexity index is 323. The van der Waals surface area contributed by atoms with Crippen LogP contribution in [0.5, 0.6) is 0 Å². The Morgan fingerprint density at radius 2 is 1.79 bits per heavy atom. The molecule has 5 heteroatoms. The van der Waals surface area contributed by atoms with Gasteiger partial charge in [0.2, 0.25) is 0 Å². The van der Waals surface area contributed by atoms with Crippen LogP contribution in [0.1, 0.15) is 18.0 Å². The van der Waals surface area contributed by atoms with E-state index in [1.807, 2.05) is 6.07 Å². The highest BCUT2D eigenvalue weighted by atomic mass is 79.9. The van der Waals surface area contributed by atoms with Crippen LogP contribution in [-0.2, 0) is 0 Å². The van der Waals surface area contributed by atoms with Crippen molar-refractivity contribution in [3.05, 3.63) is 32.7 Å². The van der Waals surface area contributed by atoms with Gasteiger partial charge in [-0.3, -0.25) is 0 Å². The summed E-state index contributed by atoms with van der Waals surface area (Å²) in [5.74, 6) is 0. The van der Waals surface area contributed by atoms with Gasteiger partial charge in [0.05, 0.1) is 6.17 Å². The number of hydrazine groups is 1. The second-order valence-electron chi connectivity index (χ2n) is 3.39. The average Bonchev–Trinajstić information content (AvgIpc) is 2.50. The van der Waals surface area contributed by atoms with Crippen LogP contribution in [0.4, 0.5) is 0 Å². The van der Waals surface area contributed by atoms with Crippen molar-refractivity contribution in [2.24, 2.45) is 5.73 Å². The van der Waals surface area contributed by atoms with Gasteiger partial charge >= 0.3 is 0 Å². The van der Waals surface area contributed by atoms with Gasteiger partial charge in [0, 0.05) is 15.0 Å². The van der Waals surface area contributed by atoms with Gasteiger partial charge < -0.3 is 5.73 Å². The van der Waals surface area contributed by atoms with Gasteiger partial charge in [-0.15, -0.1) is 0 Å². The van der Waals surface area contributed by atoms with E-state index in [-0.39, 0.29) is 6.17 Å². The third kappa shape index (κ3) is 2.35. The molecule has 2 unspecified atom stereocenters. The van der Waals surface area contributed by atoms with E-state index >= 15 is 0 Å². The molecule has 0 aromatic heterocycles. The highest BCUT2D eigenvalue weighted by Gasteiger charge is 2.22. The van der Waals surface area contributed by atoms with E-state index < -0.39 is 0 Å². The van der Waals surface area contributed by atoms with Gasteiger partial charge in [-0.1, -0.05) is 31.9 Å². The largest absolute Gasteiger partial charge is 0.315 e. The van der Waals surface area contributed by atoms with Crippen molar-refractivity contribution in [2.75, 3.05) is 0 Å². The highest BCUT2D eigenvalue weighted by Crippen LogP contribution is 2.27. The summed E-state index contributed by atoms with van der Waals surface area (Å²) in [5, 5.41) is 0. The molecule has 0 radical (unpaired) electrons. The SMILES string of the molecule is NC1CC(c2cc(Br)cc(Br)c2)NN1. The van der Waals surface area contributed by atoms with Crippen LogP contribution in [0.2, 0.25) is 0 Å². The first kappa shape index (κ1) is 10.6. The molecular weight excluding hydrogens is 310 g/mol. The number of benzene rings is 1. The quantitative estimate of drug-likeness (QED) is 0.742. The van der Waals surface area contributed by atoms with E-state index in [0.717, 1.165) is 15.4 Å². The molecule has 2 atom stereocenters. The molecule has 2 rings (SSSR count). The molecule has 3 nitrogen and oxygen atoms in total. The fraction of sp³-hybridized carbons (Fsp3) is 0.333. The maximum Gasteiger partial charge on any atom is 0.0698 e. The van der Waals surface area contributed by atoms with Crippen LogP contribution < -0.4 is 16.6 Å². The Morgan fingerprint density at radius 1 is 1.14 bits per heavy atom. The lowest BCUT2D eigenvalue weighted by Crippen LogP contribution is -2.36. The summed E-state index contributed by atoms with van der Waals surface area (Å²) < 4.78 is 2.15. The van der Waals surface area contributed by atoms with Crippen molar-refractivity contribution in [2.45, 2.75) is 18.6 Å². The maximum atomic E-state index is 5.74. The summed E-state index contributed by atoms with van der Waals surface area (Å²) in [6.07, 6.45) is 0.945. The first-order chi connectivity index (χ1) is 6.65. The summed E-state index contributed by atoms with van der Waals surface area (Å²) >= 11 is 6.93. The second-order valence-corrected chi connectivity index (χ2v) is 5.22. The minimum Gasteiger partial charge on any atom is -0.315 e. The lowest BCUT2D eigenvalue weighted by atomic mass is 10.1. The molecule has 1 fully saturated rings. The lowest BCUT2D eigenvalue weighted by molar-refractivity contribution is 0.551. The normalized spacial score (nSPS) is 26.8. The predicted octanol–water partition coefficient (Wildman–Crippen LogP) is 2.04. The number of halogens is 2. The third-order valence-corrected chi connectivity index (χ3v) is 3.14. The fourth-order valence-corrected chi connectivity index (χ4v) is 2.90. The van der Waals surface area contributed by atoms with Gasteiger partial charge in [0.15, 0.2) is 0 Å². The number of hydrogen-bond donors (Lipinski definition) is 3. The summed E-state index contributed by atoms with van der Waals surface area (Å²) in [6, 6.07) is 6.51. The molecule has 1 saturated heterocycles. The topological polar surface area (TPSA) is 50.1 Å². The van der Waals surface area contributed by atoms with Crippen LogP contribution >= 0.6 is 31.9 Å². The van der Waals surface area contributed by atoms with Gasteiger partial charge in [0.1, 0.15) is 0 Å². The van der Waals surface area contributed by atoms with Crippen LogP contribution in [-0.4, -0.2) is 6.17 Å². The summed E-state index contributed by atoms with van der Waals surface area (Å²) in [6.45, 7) is 0. The molecule has 0 spiro atoms. The average molecular weight is 321 g/mol. The standard InChI is InChI=1S/C9H11Br2N3/c10-6-1-5(2-7(11)3-6)8-4-9(12)14-13-8/h1-3,8-9,13-14H,4,12H2. The van der Waals surface area contributed by atoms with Gasteiger partial charge in [-0.25, -0.2) is 10.9 Å². The van der Waals surface area contributed by atoms with Crippen molar-refractivity contribution < 1.29 is 0 Å². The smallest absolute Gasteiger partial charge is 0.0698 e. The van der Waals surface area contributed by atoms with Gasteiger partial charge in [-0.05, 0) is 30.2 Å².